The minimum absolute atomic E-state index is 0.128. The summed E-state index contributed by atoms with van der Waals surface area (Å²) in [6.07, 6.45) is 3.11. The Bertz CT molecular complexity index is 829. The Hall–Kier alpha value is -2.81. The summed E-state index contributed by atoms with van der Waals surface area (Å²) in [6.45, 7) is 0.110. The first-order chi connectivity index (χ1) is 9.69. The van der Waals surface area contributed by atoms with Gasteiger partial charge in [0.2, 0.25) is 0 Å². The molecule has 0 atom stereocenters. The predicted molar refractivity (Wildman–Crippen MR) is 68.0 cm³/mol. The highest BCUT2D eigenvalue weighted by atomic mass is 16.2. The van der Waals surface area contributed by atoms with Crippen LogP contribution in [0.25, 0.3) is 5.65 Å². The van der Waals surface area contributed by atoms with Crippen molar-refractivity contribution in [2.45, 2.75) is 13.1 Å². The van der Waals surface area contributed by atoms with E-state index >= 15 is 0 Å². The molecule has 0 aliphatic heterocycles. The molecule has 102 valence electrons. The largest absolute Gasteiger partial charge is 0.357 e. The third-order valence-electron chi connectivity index (χ3n) is 2.76. The molecule has 3 rings (SSSR count). The SMILES string of the molecule is NCc1cn(CC(=O)n2nc3ccccn3c2=O)nn1. The van der Waals surface area contributed by atoms with Gasteiger partial charge in [-0.25, -0.2) is 13.9 Å². The molecule has 3 aromatic heterocycles. The van der Waals surface area contributed by atoms with Crippen LogP contribution in [-0.4, -0.2) is 35.1 Å². The molecule has 0 unspecified atom stereocenters. The summed E-state index contributed by atoms with van der Waals surface area (Å²) >= 11 is 0. The number of nitrogens with two attached hydrogens (primary N) is 1. The molecule has 0 aliphatic carbocycles. The van der Waals surface area contributed by atoms with Crippen LogP contribution in [0.2, 0.25) is 0 Å². The molecule has 0 saturated carbocycles. The van der Waals surface area contributed by atoms with Gasteiger partial charge in [0.05, 0.1) is 11.9 Å². The van der Waals surface area contributed by atoms with E-state index < -0.39 is 11.6 Å². The van der Waals surface area contributed by atoms with E-state index in [0.29, 0.717) is 11.3 Å². The van der Waals surface area contributed by atoms with Gasteiger partial charge in [0.15, 0.2) is 5.65 Å². The van der Waals surface area contributed by atoms with E-state index in [-0.39, 0.29) is 13.1 Å². The van der Waals surface area contributed by atoms with Crippen molar-refractivity contribution in [1.82, 2.24) is 29.2 Å². The third-order valence-corrected chi connectivity index (χ3v) is 2.76. The lowest BCUT2D eigenvalue weighted by Gasteiger charge is -1.97. The molecule has 9 heteroatoms. The average Bonchev–Trinajstić information content (AvgIpc) is 3.04. The minimum atomic E-state index is -0.509. The lowest BCUT2D eigenvalue weighted by atomic mass is 10.5. The van der Waals surface area contributed by atoms with Crippen molar-refractivity contribution in [2.75, 3.05) is 0 Å². The van der Waals surface area contributed by atoms with Crippen LogP contribution in [0.3, 0.4) is 0 Å². The fourth-order valence-electron chi connectivity index (χ4n) is 1.80. The Morgan fingerprint density at radius 1 is 1.35 bits per heavy atom. The molecular weight excluding hydrogens is 262 g/mol. The van der Waals surface area contributed by atoms with Gasteiger partial charge in [-0.15, -0.1) is 14.9 Å². The molecule has 9 nitrogen and oxygen atoms in total. The number of carbonyl (C=O) groups is 1. The van der Waals surface area contributed by atoms with Crippen molar-refractivity contribution >= 4 is 11.6 Å². The normalized spacial score (nSPS) is 11.1. The van der Waals surface area contributed by atoms with Crippen LogP contribution in [0.15, 0.2) is 35.4 Å². The summed E-state index contributed by atoms with van der Waals surface area (Å²) in [5.41, 5.74) is 5.88. The van der Waals surface area contributed by atoms with Crippen LogP contribution in [0.5, 0.6) is 0 Å². The van der Waals surface area contributed by atoms with Crippen LogP contribution in [-0.2, 0) is 13.1 Å². The average molecular weight is 273 g/mol. The number of pyridine rings is 1. The second kappa shape index (κ2) is 4.70. The third kappa shape index (κ3) is 1.99. The van der Waals surface area contributed by atoms with Gasteiger partial charge in [-0.05, 0) is 12.1 Å². The molecule has 0 fully saturated rings. The van der Waals surface area contributed by atoms with Crippen molar-refractivity contribution < 1.29 is 4.79 Å². The first-order valence-corrected chi connectivity index (χ1v) is 5.88. The van der Waals surface area contributed by atoms with Crippen molar-refractivity contribution in [3.8, 4) is 0 Å². The second-order valence-electron chi connectivity index (χ2n) is 4.13. The van der Waals surface area contributed by atoms with E-state index in [1.54, 1.807) is 30.6 Å². The first kappa shape index (κ1) is 12.2. The van der Waals surface area contributed by atoms with Crippen LogP contribution in [0.1, 0.15) is 10.5 Å². The first-order valence-electron chi connectivity index (χ1n) is 5.88. The van der Waals surface area contributed by atoms with E-state index in [2.05, 4.69) is 15.4 Å². The Balaban J connectivity index is 1.92. The molecule has 0 bridgehead atoms. The monoisotopic (exact) mass is 273 g/mol. The molecule has 0 spiro atoms. The van der Waals surface area contributed by atoms with Crippen LogP contribution >= 0.6 is 0 Å². The molecule has 0 amide bonds. The highest BCUT2D eigenvalue weighted by Gasteiger charge is 2.14. The molecule has 0 aliphatic rings. The van der Waals surface area contributed by atoms with E-state index in [9.17, 15) is 9.59 Å². The number of rotatable bonds is 3. The van der Waals surface area contributed by atoms with Crippen molar-refractivity contribution in [2.24, 2.45) is 5.73 Å². The fraction of sp³-hybridized carbons (Fsp3) is 0.182. The van der Waals surface area contributed by atoms with Gasteiger partial charge in [0.25, 0.3) is 5.91 Å². The fourth-order valence-corrected chi connectivity index (χ4v) is 1.80. The van der Waals surface area contributed by atoms with E-state index in [0.717, 1.165) is 4.68 Å². The molecule has 20 heavy (non-hydrogen) atoms. The van der Waals surface area contributed by atoms with Gasteiger partial charge in [0, 0.05) is 12.7 Å². The lowest BCUT2D eigenvalue weighted by molar-refractivity contribution is 0.0865. The van der Waals surface area contributed by atoms with Crippen LogP contribution in [0.4, 0.5) is 0 Å². The Kier molecular flexibility index (Phi) is 2.88. The zero-order valence-electron chi connectivity index (χ0n) is 10.4. The molecular formula is C11H11N7O2. The molecule has 0 radical (unpaired) electrons. The maximum atomic E-state index is 12.1. The second-order valence-corrected chi connectivity index (χ2v) is 4.13. The molecule has 0 saturated heterocycles. The van der Waals surface area contributed by atoms with Gasteiger partial charge in [0.1, 0.15) is 6.54 Å². The summed E-state index contributed by atoms with van der Waals surface area (Å²) in [4.78, 5) is 24.1. The summed E-state index contributed by atoms with van der Waals surface area (Å²) in [6, 6.07) is 5.07. The number of carbonyl (C=O) groups excluding carboxylic acids is 1. The van der Waals surface area contributed by atoms with E-state index in [4.69, 9.17) is 5.73 Å². The molecule has 0 aromatic carbocycles. The van der Waals surface area contributed by atoms with Gasteiger partial charge >= 0.3 is 5.69 Å². The summed E-state index contributed by atoms with van der Waals surface area (Å²) in [5, 5.41) is 11.5. The quantitative estimate of drug-likeness (QED) is 0.647. The maximum absolute atomic E-state index is 12.1. The highest BCUT2D eigenvalue weighted by molar-refractivity contribution is 5.77. The van der Waals surface area contributed by atoms with Crippen molar-refractivity contribution in [1.29, 1.82) is 0 Å². The predicted octanol–water partition coefficient (Wildman–Crippen LogP) is -1.11. The molecule has 2 N–H and O–H groups in total. The number of aromatic nitrogens is 6. The van der Waals surface area contributed by atoms with Crippen LogP contribution in [0, 0.1) is 0 Å². The molecule has 3 heterocycles. The number of fused-ring (bicyclic) bond motifs is 1. The zero-order chi connectivity index (χ0) is 14.1. The number of hydrogen-bond acceptors (Lipinski definition) is 6. The lowest BCUT2D eigenvalue weighted by Crippen LogP contribution is -2.30. The molecule has 3 aromatic rings. The van der Waals surface area contributed by atoms with Crippen molar-refractivity contribution in [3.05, 3.63) is 46.8 Å². The van der Waals surface area contributed by atoms with Gasteiger partial charge in [-0.2, -0.15) is 0 Å². The minimum Gasteiger partial charge on any atom is -0.325 e. The van der Waals surface area contributed by atoms with Gasteiger partial charge < -0.3 is 5.73 Å². The summed E-state index contributed by atoms with van der Waals surface area (Å²) in [5.74, 6) is -0.493. The number of hydrogen-bond donors (Lipinski definition) is 1. The van der Waals surface area contributed by atoms with Gasteiger partial charge in [-0.1, -0.05) is 11.3 Å². The maximum Gasteiger partial charge on any atom is 0.357 e. The highest BCUT2D eigenvalue weighted by Crippen LogP contribution is 1.96. The zero-order valence-corrected chi connectivity index (χ0v) is 10.4. The van der Waals surface area contributed by atoms with E-state index in [1.807, 2.05) is 0 Å². The number of nitrogens with zero attached hydrogens (tertiary/aromatic N) is 6. The Morgan fingerprint density at radius 2 is 2.20 bits per heavy atom. The van der Waals surface area contributed by atoms with Crippen molar-refractivity contribution in [3.63, 3.8) is 0 Å². The standard InChI is InChI=1S/C11H11N7O2/c12-5-8-6-16(15-13-8)7-10(19)18-11(20)17-4-2-1-3-9(17)14-18/h1-4,6H,5,7,12H2. The smallest absolute Gasteiger partial charge is 0.325 e. The summed E-state index contributed by atoms with van der Waals surface area (Å²) in [7, 11) is 0. The summed E-state index contributed by atoms with van der Waals surface area (Å²) < 4.78 is 3.44. The van der Waals surface area contributed by atoms with Gasteiger partial charge in [-0.3, -0.25) is 4.79 Å². The van der Waals surface area contributed by atoms with E-state index in [1.165, 1.54) is 9.08 Å². The Morgan fingerprint density at radius 3 is 2.90 bits per heavy atom. The Labute approximate surface area is 112 Å². The van der Waals surface area contributed by atoms with Crippen LogP contribution < -0.4 is 11.4 Å². The topological polar surface area (TPSA) is 113 Å².